The van der Waals surface area contributed by atoms with Crippen molar-refractivity contribution in [3.8, 4) is 11.8 Å². The Bertz CT molecular complexity index is 338. The smallest absolute Gasteiger partial charge is 0.165 e. The summed E-state index contributed by atoms with van der Waals surface area (Å²) in [6, 6.07) is 0. The van der Waals surface area contributed by atoms with Crippen molar-refractivity contribution >= 4 is 0 Å². The van der Waals surface area contributed by atoms with Crippen molar-refractivity contribution in [3.63, 3.8) is 0 Å². The van der Waals surface area contributed by atoms with Gasteiger partial charge in [-0.2, -0.15) is 0 Å². The van der Waals surface area contributed by atoms with Crippen molar-refractivity contribution in [2.24, 2.45) is 0 Å². The molecular weight excluding hydrogens is 236 g/mol. The Balaban J connectivity index is 1.94. The second-order valence-corrected chi connectivity index (χ2v) is 4.93. The molecule has 1 fully saturated rings. The van der Waals surface area contributed by atoms with Crippen LogP contribution in [0.4, 0.5) is 0 Å². The third-order valence-electron chi connectivity index (χ3n) is 3.14. The second kappa shape index (κ2) is 9.83. The lowest BCUT2D eigenvalue weighted by Crippen LogP contribution is -2.24. The molecule has 0 aliphatic carbocycles. The van der Waals surface area contributed by atoms with E-state index in [9.17, 15) is 0 Å². The van der Waals surface area contributed by atoms with Crippen molar-refractivity contribution in [2.45, 2.75) is 58.2 Å². The van der Waals surface area contributed by atoms with Gasteiger partial charge in [-0.3, -0.25) is 0 Å². The Morgan fingerprint density at radius 3 is 2.63 bits per heavy atom. The normalized spacial score (nSPS) is 18.0. The van der Waals surface area contributed by atoms with Gasteiger partial charge in [0.15, 0.2) is 5.79 Å². The van der Waals surface area contributed by atoms with Crippen LogP contribution in [-0.2, 0) is 9.47 Å². The molecule has 0 aromatic carbocycles. The first kappa shape index (κ1) is 16.0. The molecule has 1 rings (SSSR count). The maximum Gasteiger partial charge on any atom is 0.165 e. The number of hydrogen-bond acceptors (Lipinski definition) is 2. The quantitative estimate of drug-likeness (QED) is 0.388. The fraction of sp³-hybridized carbons (Fsp3) is 0.647. The van der Waals surface area contributed by atoms with E-state index in [0.29, 0.717) is 0 Å². The van der Waals surface area contributed by atoms with Crippen LogP contribution in [0.3, 0.4) is 0 Å². The molecule has 1 aliphatic rings. The first-order valence-electron chi connectivity index (χ1n) is 7.29. The van der Waals surface area contributed by atoms with Gasteiger partial charge in [-0.15, -0.1) is 0 Å². The summed E-state index contributed by atoms with van der Waals surface area (Å²) in [5.74, 6) is 5.74. The molecule has 1 aliphatic heterocycles. The summed E-state index contributed by atoms with van der Waals surface area (Å²) in [6.45, 7) is 5.51. The van der Waals surface area contributed by atoms with Crippen LogP contribution in [-0.4, -0.2) is 19.0 Å². The summed E-state index contributed by atoms with van der Waals surface area (Å²) in [5.41, 5.74) is 0. The highest BCUT2D eigenvalue weighted by molar-refractivity contribution is 5.16. The molecule has 0 aromatic rings. The van der Waals surface area contributed by atoms with Gasteiger partial charge in [-0.05, 0) is 39.2 Å². The summed E-state index contributed by atoms with van der Waals surface area (Å²) in [6.07, 6.45) is 14.8. The third-order valence-corrected chi connectivity index (χ3v) is 3.14. The van der Waals surface area contributed by atoms with Gasteiger partial charge < -0.3 is 9.47 Å². The molecule has 1 heterocycles. The average molecular weight is 262 g/mol. The maximum atomic E-state index is 5.58. The molecule has 0 spiro atoms. The van der Waals surface area contributed by atoms with Crippen molar-refractivity contribution in [1.82, 2.24) is 0 Å². The zero-order valence-electron chi connectivity index (χ0n) is 12.3. The van der Waals surface area contributed by atoms with E-state index in [4.69, 9.17) is 9.47 Å². The maximum absolute atomic E-state index is 5.58. The van der Waals surface area contributed by atoms with E-state index in [0.717, 1.165) is 32.5 Å². The van der Waals surface area contributed by atoms with Gasteiger partial charge in [-0.25, -0.2) is 0 Å². The minimum atomic E-state index is -0.307. The van der Waals surface area contributed by atoms with E-state index in [1.165, 1.54) is 19.3 Å². The molecule has 106 valence electrons. The fourth-order valence-electron chi connectivity index (χ4n) is 2.05. The molecule has 0 N–H and O–H groups in total. The monoisotopic (exact) mass is 262 g/mol. The van der Waals surface area contributed by atoms with Crippen LogP contribution in [0.2, 0.25) is 0 Å². The standard InChI is InChI=1S/C17H26O2/c1-3-4-5-6-7-8-9-10-11-12-13-14-17(2)18-15-16-19-17/h3-4,8-9H,7,10-16H2,1-2H3/b4-3-,9-8-. The van der Waals surface area contributed by atoms with Crippen LogP contribution in [0.15, 0.2) is 24.3 Å². The molecule has 0 saturated carbocycles. The van der Waals surface area contributed by atoms with Crippen LogP contribution in [0, 0.1) is 11.8 Å². The van der Waals surface area contributed by atoms with Crippen molar-refractivity contribution < 1.29 is 9.47 Å². The second-order valence-electron chi connectivity index (χ2n) is 4.93. The van der Waals surface area contributed by atoms with Crippen LogP contribution in [0.25, 0.3) is 0 Å². The molecule has 0 aromatic heterocycles. The first-order chi connectivity index (χ1) is 9.27. The Morgan fingerprint density at radius 1 is 1.11 bits per heavy atom. The van der Waals surface area contributed by atoms with Crippen LogP contribution in [0.5, 0.6) is 0 Å². The lowest BCUT2D eigenvalue weighted by atomic mass is 10.1. The van der Waals surface area contributed by atoms with Crippen molar-refractivity contribution in [3.05, 3.63) is 24.3 Å². The fourth-order valence-corrected chi connectivity index (χ4v) is 2.05. The molecular formula is C17H26O2. The summed E-state index contributed by atoms with van der Waals surface area (Å²) >= 11 is 0. The van der Waals surface area contributed by atoms with Crippen LogP contribution < -0.4 is 0 Å². The molecule has 2 nitrogen and oxygen atoms in total. The molecule has 0 atom stereocenters. The van der Waals surface area contributed by atoms with Gasteiger partial charge >= 0.3 is 0 Å². The van der Waals surface area contributed by atoms with Gasteiger partial charge in [0.2, 0.25) is 0 Å². The highest BCUT2D eigenvalue weighted by Crippen LogP contribution is 2.25. The number of ether oxygens (including phenoxy) is 2. The average Bonchev–Trinajstić information content (AvgIpc) is 2.83. The molecule has 0 bridgehead atoms. The summed E-state index contributed by atoms with van der Waals surface area (Å²) in [4.78, 5) is 0. The lowest BCUT2D eigenvalue weighted by molar-refractivity contribution is -0.147. The van der Waals surface area contributed by atoms with E-state index >= 15 is 0 Å². The Labute approximate surface area is 117 Å². The Morgan fingerprint density at radius 2 is 1.89 bits per heavy atom. The van der Waals surface area contributed by atoms with Crippen molar-refractivity contribution in [1.29, 1.82) is 0 Å². The minimum absolute atomic E-state index is 0.307. The highest BCUT2D eigenvalue weighted by atomic mass is 16.7. The number of allylic oxidation sites excluding steroid dienone is 4. The largest absolute Gasteiger partial charge is 0.348 e. The zero-order chi connectivity index (χ0) is 13.8. The van der Waals surface area contributed by atoms with Crippen LogP contribution in [0.1, 0.15) is 52.4 Å². The van der Waals surface area contributed by atoms with E-state index in [-0.39, 0.29) is 5.79 Å². The van der Waals surface area contributed by atoms with Crippen LogP contribution >= 0.6 is 0 Å². The molecule has 0 unspecified atom stereocenters. The minimum Gasteiger partial charge on any atom is -0.348 e. The van der Waals surface area contributed by atoms with Gasteiger partial charge in [0.05, 0.1) is 13.2 Å². The van der Waals surface area contributed by atoms with Gasteiger partial charge in [0.1, 0.15) is 0 Å². The number of hydrogen-bond donors (Lipinski definition) is 0. The van der Waals surface area contributed by atoms with Gasteiger partial charge in [0, 0.05) is 12.8 Å². The molecule has 19 heavy (non-hydrogen) atoms. The zero-order valence-corrected chi connectivity index (χ0v) is 12.3. The molecule has 2 heteroatoms. The van der Waals surface area contributed by atoms with E-state index in [1.807, 2.05) is 26.0 Å². The van der Waals surface area contributed by atoms with E-state index in [2.05, 4.69) is 24.0 Å². The topological polar surface area (TPSA) is 18.5 Å². The number of rotatable bonds is 7. The summed E-state index contributed by atoms with van der Waals surface area (Å²) in [7, 11) is 0. The Hall–Kier alpha value is -1.04. The summed E-state index contributed by atoms with van der Waals surface area (Å²) in [5, 5.41) is 0. The predicted octanol–water partition coefficient (Wildman–Crippen LogP) is 4.23. The predicted molar refractivity (Wildman–Crippen MR) is 79.7 cm³/mol. The third kappa shape index (κ3) is 7.87. The van der Waals surface area contributed by atoms with Crippen molar-refractivity contribution in [2.75, 3.05) is 13.2 Å². The Kier molecular flexibility index (Phi) is 8.29. The molecule has 0 radical (unpaired) electrons. The van der Waals surface area contributed by atoms with Gasteiger partial charge in [0.25, 0.3) is 0 Å². The molecule has 1 saturated heterocycles. The SMILES string of the molecule is C/C=C\C#CC/C=C\CCCCCC1(C)OCCO1. The summed E-state index contributed by atoms with van der Waals surface area (Å²) < 4.78 is 11.2. The van der Waals surface area contributed by atoms with Gasteiger partial charge in [-0.1, -0.05) is 36.5 Å². The number of unbranched alkanes of at least 4 members (excludes halogenated alkanes) is 3. The first-order valence-corrected chi connectivity index (χ1v) is 7.29. The molecule has 0 amide bonds. The lowest BCUT2D eigenvalue weighted by Gasteiger charge is -2.21. The van der Waals surface area contributed by atoms with E-state index in [1.54, 1.807) is 0 Å². The highest BCUT2D eigenvalue weighted by Gasteiger charge is 2.29. The van der Waals surface area contributed by atoms with E-state index < -0.39 is 0 Å².